The maximum Gasteiger partial charge on any atom is 0.251 e. The van der Waals surface area contributed by atoms with Gasteiger partial charge in [0.2, 0.25) is 0 Å². The fourth-order valence-electron chi connectivity index (χ4n) is 1.76. The summed E-state index contributed by atoms with van der Waals surface area (Å²) in [4.78, 5) is 12.0. The average molecular weight is 250 g/mol. The Labute approximate surface area is 109 Å². The second kappa shape index (κ2) is 6.89. The van der Waals surface area contributed by atoms with Crippen molar-refractivity contribution in [2.45, 2.75) is 39.2 Å². The first-order chi connectivity index (χ1) is 8.56. The monoisotopic (exact) mass is 250 g/mol. The van der Waals surface area contributed by atoms with Crippen molar-refractivity contribution in [1.29, 1.82) is 0 Å². The molecule has 0 spiro atoms. The zero-order valence-corrected chi connectivity index (χ0v) is 11.3. The zero-order valence-electron chi connectivity index (χ0n) is 11.3. The van der Waals surface area contributed by atoms with Gasteiger partial charge in [-0.05, 0) is 25.5 Å². The maximum absolute atomic E-state index is 12.0. The lowest BCUT2D eigenvalue weighted by Crippen LogP contribution is -2.32. The Hall–Kier alpha value is -1.71. The SMILES string of the molecule is CCCCC(C)NC(=O)c1cc(N)cc(OC)c1. The van der Waals surface area contributed by atoms with E-state index in [4.69, 9.17) is 10.5 Å². The van der Waals surface area contributed by atoms with Crippen molar-refractivity contribution in [3.8, 4) is 5.75 Å². The number of hydrogen-bond donors (Lipinski definition) is 2. The van der Waals surface area contributed by atoms with Crippen LogP contribution in [0.3, 0.4) is 0 Å². The topological polar surface area (TPSA) is 64.4 Å². The van der Waals surface area contributed by atoms with Gasteiger partial charge in [-0.2, -0.15) is 0 Å². The number of nitrogens with one attached hydrogen (secondary N) is 1. The third-order valence-corrected chi connectivity index (χ3v) is 2.79. The van der Waals surface area contributed by atoms with Gasteiger partial charge in [0.1, 0.15) is 5.75 Å². The van der Waals surface area contributed by atoms with Crippen molar-refractivity contribution in [3.63, 3.8) is 0 Å². The number of carbonyl (C=O) groups excluding carboxylic acids is 1. The molecule has 0 aromatic heterocycles. The molecule has 0 aliphatic heterocycles. The molecular formula is C14H22N2O2. The van der Waals surface area contributed by atoms with Crippen LogP contribution in [0.5, 0.6) is 5.75 Å². The van der Waals surface area contributed by atoms with Crippen LogP contribution in [0.25, 0.3) is 0 Å². The fraction of sp³-hybridized carbons (Fsp3) is 0.500. The number of anilines is 1. The van der Waals surface area contributed by atoms with Gasteiger partial charge < -0.3 is 15.8 Å². The van der Waals surface area contributed by atoms with E-state index in [1.54, 1.807) is 25.3 Å². The van der Waals surface area contributed by atoms with Crippen LogP contribution in [0, 0.1) is 0 Å². The van der Waals surface area contributed by atoms with E-state index in [1.165, 1.54) is 0 Å². The first-order valence-electron chi connectivity index (χ1n) is 6.32. The highest BCUT2D eigenvalue weighted by molar-refractivity contribution is 5.95. The van der Waals surface area contributed by atoms with Crippen LogP contribution in [-0.4, -0.2) is 19.1 Å². The number of rotatable bonds is 6. The van der Waals surface area contributed by atoms with Crippen molar-refractivity contribution in [3.05, 3.63) is 23.8 Å². The van der Waals surface area contributed by atoms with E-state index >= 15 is 0 Å². The first-order valence-corrected chi connectivity index (χ1v) is 6.32. The van der Waals surface area contributed by atoms with Gasteiger partial charge >= 0.3 is 0 Å². The molecule has 0 aliphatic carbocycles. The van der Waals surface area contributed by atoms with Crippen molar-refractivity contribution >= 4 is 11.6 Å². The second-order valence-corrected chi connectivity index (χ2v) is 4.51. The molecule has 100 valence electrons. The largest absolute Gasteiger partial charge is 0.497 e. The van der Waals surface area contributed by atoms with Crippen LogP contribution >= 0.6 is 0 Å². The van der Waals surface area contributed by atoms with E-state index in [0.29, 0.717) is 17.0 Å². The van der Waals surface area contributed by atoms with Crippen molar-refractivity contribution in [1.82, 2.24) is 5.32 Å². The predicted octanol–water partition coefficient (Wildman–Crippen LogP) is 2.59. The highest BCUT2D eigenvalue weighted by Crippen LogP contribution is 2.18. The van der Waals surface area contributed by atoms with Crippen molar-refractivity contribution < 1.29 is 9.53 Å². The van der Waals surface area contributed by atoms with Crippen molar-refractivity contribution in [2.75, 3.05) is 12.8 Å². The molecule has 0 bridgehead atoms. The standard InChI is InChI=1S/C14H22N2O2/c1-4-5-6-10(2)16-14(17)11-7-12(15)9-13(8-11)18-3/h7-10H,4-6,15H2,1-3H3,(H,16,17). The molecular weight excluding hydrogens is 228 g/mol. The minimum Gasteiger partial charge on any atom is -0.497 e. The van der Waals surface area contributed by atoms with Crippen LogP contribution in [0.15, 0.2) is 18.2 Å². The Bertz CT molecular complexity index is 405. The van der Waals surface area contributed by atoms with E-state index in [0.717, 1.165) is 19.3 Å². The third-order valence-electron chi connectivity index (χ3n) is 2.79. The summed E-state index contributed by atoms with van der Waals surface area (Å²) in [5, 5.41) is 2.96. The number of benzene rings is 1. The lowest BCUT2D eigenvalue weighted by atomic mass is 10.1. The molecule has 0 saturated heterocycles. The number of hydrogen-bond acceptors (Lipinski definition) is 3. The molecule has 1 amide bonds. The minimum atomic E-state index is -0.107. The number of nitrogens with two attached hydrogens (primary N) is 1. The molecule has 1 unspecified atom stereocenters. The van der Waals surface area contributed by atoms with Crippen LogP contribution in [0.2, 0.25) is 0 Å². The zero-order chi connectivity index (χ0) is 13.5. The first kappa shape index (κ1) is 14.4. The van der Waals surface area contributed by atoms with E-state index < -0.39 is 0 Å². The number of amides is 1. The number of nitrogen functional groups attached to an aromatic ring is 1. The van der Waals surface area contributed by atoms with Gasteiger partial charge in [0.05, 0.1) is 7.11 Å². The van der Waals surface area contributed by atoms with Gasteiger partial charge in [-0.3, -0.25) is 4.79 Å². The summed E-state index contributed by atoms with van der Waals surface area (Å²) in [7, 11) is 1.56. The van der Waals surface area contributed by atoms with Crippen LogP contribution in [0.1, 0.15) is 43.5 Å². The molecule has 0 radical (unpaired) electrons. The Kier molecular flexibility index (Phi) is 5.49. The molecule has 3 N–H and O–H groups in total. The molecule has 1 rings (SSSR count). The van der Waals surface area contributed by atoms with Crippen molar-refractivity contribution in [2.24, 2.45) is 0 Å². The predicted molar refractivity (Wildman–Crippen MR) is 73.9 cm³/mol. The van der Waals surface area contributed by atoms with Gasteiger partial charge in [-0.25, -0.2) is 0 Å². The lowest BCUT2D eigenvalue weighted by Gasteiger charge is -2.14. The Morgan fingerprint density at radius 1 is 1.44 bits per heavy atom. The molecule has 1 aromatic rings. The van der Waals surface area contributed by atoms with Crippen LogP contribution in [-0.2, 0) is 0 Å². The highest BCUT2D eigenvalue weighted by atomic mass is 16.5. The highest BCUT2D eigenvalue weighted by Gasteiger charge is 2.11. The number of unbranched alkanes of at least 4 members (excludes halogenated alkanes) is 1. The molecule has 0 heterocycles. The smallest absolute Gasteiger partial charge is 0.251 e. The summed E-state index contributed by atoms with van der Waals surface area (Å²) in [5.41, 5.74) is 6.79. The average Bonchev–Trinajstić information content (AvgIpc) is 2.35. The molecule has 4 heteroatoms. The van der Waals surface area contributed by atoms with E-state index in [1.807, 2.05) is 6.92 Å². The number of methoxy groups -OCH3 is 1. The van der Waals surface area contributed by atoms with Crippen LogP contribution in [0.4, 0.5) is 5.69 Å². The van der Waals surface area contributed by atoms with Gasteiger partial charge in [0.25, 0.3) is 5.91 Å². The number of carbonyl (C=O) groups is 1. The summed E-state index contributed by atoms with van der Waals surface area (Å²) in [6.07, 6.45) is 3.23. The second-order valence-electron chi connectivity index (χ2n) is 4.51. The minimum absolute atomic E-state index is 0.107. The van der Waals surface area contributed by atoms with E-state index in [9.17, 15) is 4.79 Å². The van der Waals surface area contributed by atoms with Gasteiger partial charge in [0.15, 0.2) is 0 Å². The Morgan fingerprint density at radius 2 is 2.17 bits per heavy atom. The van der Waals surface area contributed by atoms with Crippen LogP contribution < -0.4 is 15.8 Å². The molecule has 0 aliphatic rings. The molecule has 0 fully saturated rings. The number of ether oxygens (including phenoxy) is 1. The molecule has 0 saturated carbocycles. The van der Waals surface area contributed by atoms with E-state index in [2.05, 4.69) is 12.2 Å². The third kappa shape index (κ3) is 4.28. The molecule has 18 heavy (non-hydrogen) atoms. The quantitative estimate of drug-likeness (QED) is 0.763. The normalized spacial score (nSPS) is 11.9. The molecule has 1 aromatic carbocycles. The summed E-state index contributed by atoms with van der Waals surface area (Å²) >= 11 is 0. The van der Waals surface area contributed by atoms with Gasteiger partial charge in [0, 0.05) is 23.4 Å². The Balaban J connectivity index is 2.68. The van der Waals surface area contributed by atoms with Gasteiger partial charge in [-0.15, -0.1) is 0 Å². The maximum atomic E-state index is 12.0. The molecule has 1 atom stereocenters. The summed E-state index contributed by atoms with van der Waals surface area (Å²) in [6.45, 7) is 4.15. The summed E-state index contributed by atoms with van der Waals surface area (Å²) in [6, 6.07) is 5.21. The molecule has 4 nitrogen and oxygen atoms in total. The summed E-state index contributed by atoms with van der Waals surface area (Å²) < 4.78 is 5.10. The Morgan fingerprint density at radius 3 is 2.78 bits per heavy atom. The fourth-order valence-corrected chi connectivity index (χ4v) is 1.76. The van der Waals surface area contributed by atoms with E-state index in [-0.39, 0.29) is 11.9 Å². The van der Waals surface area contributed by atoms with Gasteiger partial charge in [-0.1, -0.05) is 19.8 Å². The lowest BCUT2D eigenvalue weighted by molar-refractivity contribution is 0.0937. The summed E-state index contributed by atoms with van der Waals surface area (Å²) in [5.74, 6) is 0.491.